The van der Waals surface area contributed by atoms with Crippen molar-refractivity contribution in [2.24, 2.45) is 0 Å². The number of carbonyl (C=O) groups is 1. The van der Waals surface area contributed by atoms with Gasteiger partial charge in [0.1, 0.15) is 11.6 Å². The summed E-state index contributed by atoms with van der Waals surface area (Å²) in [5.41, 5.74) is 0. The second-order valence-corrected chi connectivity index (χ2v) is 3.12. The van der Waals surface area contributed by atoms with E-state index in [-0.39, 0.29) is 6.42 Å². The monoisotopic (exact) mass is 210 g/mol. The highest BCUT2D eigenvalue weighted by Gasteiger charge is 2.04. The van der Waals surface area contributed by atoms with Gasteiger partial charge >= 0.3 is 5.97 Å². The summed E-state index contributed by atoms with van der Waals surface area (Å²) in [6.07, 6.45) is 1.71. The molecule has 0 spiro atoms. The molecule has 0 fully saturated rings. The summed E-state index contributed by atoms with van der Waals surface area (Å²) in [5, 5.41) is 8.52. The predicted octanol–water partition coefficient (Wildman–Crippen LogP) is 1.00. The molecule has 5 nitrogen and oxygen atoms in total. The molecule has 0 radical (unpaired) electrons. The number of methoxy groups -OCH3 is 1. The third-order valence-electron chi connectivity index (χ3n) is 2.01. The molecule has 1 N–H and O–H groups in total. The minimum atomic E-state index is -0.810. The molecule has 0 aliphatic heterocycles. The van der Waals surface area contributed by atoms with Gasteiger partial charge in [0.15, 0.2) is 0 Å². The molecule has 1 heterocycles. The highest BCUT2D eigenvalue weighted by molar-refractivity contribution is 5.67. The van der Waals surface area contributed by atoms with Gasteiger partial charge < -0.3 is 14.7 Å². The van der Waals surface area contributed by atoms with Crippen LogP contribution in [0.5, 0.6) is 5.75 Å². The number of nitrogens with zero attached hydrogens (tertiary/aromatic N) is 2. The van der Waals surface area contributed by atoms with E-state index < -0.39 is 5.97 Å². The van der Waals surface area contributed by atoms with Crippen molar-refractivity contribution >= 4 is 11.8 Å². The van der Waals surface area contributed by atoms with Gasteiger partial charge in [0.2, 0.25) is 0 Å². The second-order valence-electron chi connectivity index (χ2n) is 3.12. The molecule has 0 amide bonds. The Morgan fingerprint density at radius 1 is 1.60 bits per heavy atom. The van der Waals surface area contributed by atoms with Crippen LogP contribution in [0.1, 0.15) is 6.42 Å². The van der Waals surface area contributed by atoms with E-state index in [1.165, 1.54) is 0 Å². The normalized spacial score (nSPS) is 9.73. The van der Waals surface area contributed by atoms with Gasteiger partial charge in [-0.3, -0.25) is 4.79 Å². The zero-order valence-electron chi connectivity index (χ0n) is 8.80. The number of carboxylic acid groups (broad SMARTS) is 1. The molecule has 0 bridgehead atoms. The molecule has 0 saturated carbocycles. The van der Waals surface area contributed by atoms with Crippen LogP contribution in [-0.4, -0.2) is 36.8 Å². The Morgan fingerprint density at radius 3 is 2.80 bits per heavy atom. The number of carboxylic acids is 1. The SMILES string of the molecule is COc1ccc(N(C)CCC(=O)O)nc1. The van der Waals surface area contributed by atoms with Crippen molar-refractivity contribution in [1.82, 2.24) is 4.98 Å². The Morgan fingerprint density at radius 2 is 2.33 bits per heavy atom. The van der Waals surface area contributed by atoms with Crippen molar-refractivity contribution in [2.45, 2.75) is 6.42 Å². The zero-order chi connectivity index (χ0) is 11.3. The highest BCUT2D eigenvalue weighted by Crippen LogP contribution is 2.14. The molecule has 1 aromatic rings. The smallest absolute Gasteiger partial charge is 0.305 e. The number of hydrogen-bond donors (Lipinski definition) is 1. The lowest BCUT2D eigenvalue weighted by Gasteiger charge is -2.16. The lowest BCUT2D eigenvalue weighted by Crippen LogP contribution is -2.21. The van der Waals surface area contributed by atoms with Crippen LogP contribution >= 0.6 is 0 Å². The predicted molar refractivity (Wildman–Crippen MR) is 56.3 cm³/mol. The van der Waals surface area contributed by atoms with Crippen LogP contribution in [0.4, 0.5) is 5.82 Å². The quantitative estimate of drug-likeness (QED) is 0.785. The summed E-state index contributed by atoms with van der Waals surface area (Å²) in [6, 6.07) is 3.58. The topological polar surface area (TPSA) is 62.7 Å². The Hall–Kier alpha value is -1.78. The largest absolute Gasteiger partial charge is 0.495 e. The van der Waals surface area contributed by atoms with Crippen molar-refractivity contribution < 1.29 is 14.6 Å². The first-order valence-corrected chi connectivity index (χ1v) is 4.56. The van der Waals surface area contributed by atoms with Gasteiger partial charge in [-0.25, -0.2) is 4.98 Å². The van der Waals surface area contributed by atoms with E-state index in [0.717, 1.165) is 5.82 Å². The standard InChI is InChI=1S/C10H14N2O3/c1-12(6-5-10(13)14)9-4-3-8(15-2)7-11-9/h3-4,7H,5-6H2,1-2H3,(H,13,14). The Kier molecular flexibility index (Phi) is 3.91. The van der Waals surface area contributed by atoms with E-state index in [1.54, 1.807) is 37.4 Å². The second kappa shape index (κ2) is 5.19. The van der Waals surface area contributed by atoms with E-state index in [0.29, 0.717) is 12.3 Å². The van der Waals surface area contributed by atoms with E-state index >= 15 is 0 Å². The summed E-state index contributed by atoms with van der Waals surface area (Å²) < 4.78 is 4.97. The number of hydrogen-bond acceptors (Lipinski definition) is 4. The van der Waals surface area contributed by atoms with Gasteiger partial charge in [0.05, 0.1) is 19.7 Å². The van der Waals surface area contributed by atoms with Gasteiger partial charge in [0, 0.05) is 13.6 Å². The Bertz CT molecular complexity index is 324. The molecule has 0 atom stereocenters. The van der Waals surface area contributed by atoms with Crippen LogP contribution in [0.3, 0.4) is 0 Å². The first-order valence-electron chi connectivity index (χ1n) is 4.56. The summed E-state index contributed by atoms with van der Waals surface area (Å²) in [5.74, 6) is 0.609. The maximum absolute atomic E-state index is 10.4. The van der Waals surface area contributed by atoms with Gasteiger partial charge in [-0.2, -0.15) is 0 Å². The van der Waals surface area contributed by atoms with Crippen LogP contribution in [0.25, 0.3) is 0 Å². The van der Waals surface area contributed by atoms with Crippen molar-refractivity contribution in [2.75, 3.05) is 25.6 Å². The maximum Gasteiger partial charge on any atom is 0.305 e. The van der Waals surface area contributed by atoms with Crippen molar-refractivity contribution in [3.8, 4) is 5.75 Å². The Labute approximate surface area is 88.3 Å². The van der Waals surface area contributed by atoms with Crippen molar-refractivity contribution in [1.29, 1.82) is 0 Å². The third-order valence-corrected chi connectivity index (χ3v) is 2.01. The maximum atomic E-state index is 10.4. The average Bonchev–Trinajstić information content (AvgIpc) is 2.26. The molecule has 1 aromatic heterocycles. The highest BCUT2D eigenvalue weighted by atomic mass is 16.5. The molecule has 0 aliphatic rings. The molecule has 5 heteroatoms. The minimum absolute atomic E-state index is 0.101. The molecule has 0 saturated heterocycles. The van der Waals surface area contributed by atoms with Crippen LogP contribution in [-0.2, 0) is 4.79 Å². The number of ether oxygens (including phenoxy) is 1. The van der Waals surface area contributed by atoms with Crippen molar-refractivity contribution in [3.05, 3.63) is 18.3 Å². The number of aliphatic carboxylic acids is 1. The van der Waals surface area contributed by atoms with Crippen LogP contribution in [0, 0.1) is 0 Å². The molecule has 0 aromatic carbocycles. The number of anilines is 1. The number of aromatic nitrogens is 1. The fourth-order valence-electron chi connectivity index (χ4n) is 1.10. The van der Waals surface area contributed by atoms with E-state index in [4.69, 9.17) is 9.84 Å². The lowest BCUT2D eigenvalue weighted by molar-refractivity contribution is -0.136. The van der Waals surface area contributed by atoms with Gasteiger partial charge in [-0.05, 0) is 12.1 Å². The van der Waals surface area contributed by atoms with Gasteiger partial charge in [0.25, 0.3) is 0 Å². The van der Waals surface area contributed by atoms with Crippen LogP contribution < -0.4 is 9.64 Å². The van der Waals surface area contributed by atoms with E-state index in [2.05, 4.69) is 4.98 Å². The molecular formula is C10H14N2O3. The average molecular weight is 210 g/mol. The van der Waals surface area contributed by atoms with Crippen molar-refractivity contribution in [3.63, 3.8) is 0 Å². The fraction of sp³-hybridized carbons (Fsp3) is 0.400. The molecule has 15 heavy (non-hydrogen) atoms. The van der Waals surface area contributed by atoms with Gasteiger partial charge in [-0.15, -0.1) is 0 Å². The fourth-order valence-corrected chi connectivity index (χ4v) is 1.10. The molecular weight excluding hydrogens is 196 g/mol. The Balaban J connectivity index is 2.57. The third kappa shape index (κ3) is 3.46. The molecule has 0 unspecified atom stereocenters. The number of pyridine rings is 1. The summed E-state index contributed by atoms with van der Waals surface area (Å²) in [7, 11) is 3.38. The molecule has 1 rings (SSSR count). The molecule has 82 valence electrons. The van der Waals surface area contributed by atoms with Crippen LogP contribution in [0.15, 0.2) is 18.3 Å². The first kappa shape index (κ1) is 11.3. The zero-order valence-corrected chi connectivity index (χ0v) is 8.80. The van der Waals surface area contributed by atoms with Crippen LogP contribution in [0.2, 0.25) is 0 Å². The minimum Gasteiger partial charge on any atom is -0.495 e. The van der Waals surface area contributed by atoms with Gasteiger partial charge in [-0.1, -0.05) is 0 Å². The summed E-state index contributed by atoms with van der Waals surface area (Å²) >= 11 is 0. The van der Waals surface area contributed by atoms with E-state index in [1.807, 2.05) is 0 Å². The summed E-state index contributed by atoms with van der Waals surface area (Å²) in [4.78, 5) is 16.3. The first-order chi connectivity index (χ1) is 7.13. The number of rotatable bonds is 5. The van der Waals surface area contributed by atoms with E-state index in [9.17, 15) is 4.79 Å². The summed E-state index contributed by atoms with van der Waals surface area (Å²) in [6.45, 7) is 0.439. The molecule has 0 aliphatic carbocycles. The lowest BCUT2D eigenvalue weighted by atomic mass is 10.3.